The minimum atomic E-state index is -1.76. The molecule has 0 bridgehead atoms. The molecule has 20 heteroatoms. The van der Waals surface area contributed by atoms with Crippen LogP contribution in [0.15, 0.2) is 0 Å². The SMILES string of the molecule is CCCCCCCCCCCCOCCOCCS[C@@H]1O[C@H](COC(C)=O)[C@@H](O[C@@H]2O[C@H](COC(C)=O)[C@H](OC(C)=O)[C@H](OC(C)=O)[C@H]2OC(C)=O)[C@H](OC(C)=O)[C@H]1OC(C)=O. The largest absolute Gasteiger partial charge is 0.463 e. The van der Waals surface area contributed by atoms with Gasteiger partial charge < -0.3 is 56.8 Å². The van der Waals surface area contributed by atoms with Crippen molar-refractivity contribution in [2.75, 3.05) is 45.4 Å². The average molecular weight is 909 g/mol. The number of esters is 7. The monoisotopic (exact) mass is 908 g/mol. The van der Waals surface area contributed by atoms with Gasteiger partial charge in [-0.15, -0.1) is 11.8 Å². The minimum Gasteiger partial charge on any atom is -0.463 e. The molecule has 356 valence electrons. The Kier molecular flexibility index (Phi) is 26.9. The Morgan fingerprint density at radius 3 is 1.35 bits per heavy atom. The van der Waals surface area contributed by atoms with E-state index in [-0.39, 0.29) is 6.61 Å². The number of hydrogen-bond acceptors (Lipinski definition) is 20. The molecule has 0 N–H and O–H groups in total. The van der Waals surface area contributed by atoms with Crippen LogP contribution in [0.3, 0.4) is 0 Å². The molecule has 0 radical (unpaired) electrons. The van der Waals surface area contributed by atoms with Gasteiger partial charge in [0.1, 0.15) is 37.0 Å². The topological polar surface area (TPSA) is 230 Å². The van der Waals surface area contributed by atoms with Crippen LogP contribution in [-0.4, -0.2) is 148 Å². The predicted octanol–water partition coefficient (Wildman–Crippen LogP) is 4.29. The van der Waals surface area contributed by atoms with Crippen LogP contribution in [0.25, 0.3) is 0 Å². The first-order valence-corrected chi connectivity index (χ1v) is 22.4. The molecule has 0 aliphatic carbocycles. The summed E-state index contributed by atoms with van der Waals surface area (Å²) in [7, 11) is 0. The Morgan fingerprint density at radius 2 is 0.855 bits per heavy atom. The maximum Gasteiger partial charge on any atom is 0.303 e. The van der Waals surface area contributed by atoms with Crippen molar-refractivity contribution in [3.05, 3.63) is 0 Å². The van der Waals surface area contributed by atoms with Crippen molar-refractivity contribution in [3.8, 4) is 0 Å². The lowest BCUT2D eigenvalue weighted by atomic mass is 9.96. The number of carbonyl (C=O) groups is 7. The van der Waals surface area contributed by atoms with E-state index >= 15 is 0 Å². The van der Waals surface area contributed by atoms with E-state index in [1.165, 1.54) is 63.1 Å². The van der Waals surface area contributed by atoms with Gasteiger partial charge in [0, 0.05) is 60.8 Å². The molecule has 0 saturated carbocycles. The quantitative estimate of drug-likeness (QED) is 0.0579. The van der Waals surface area contributed by atoms with Crippen molar-refractivity contribution in [1.29, 1.82) is 0 Å². The average Bonchev–Trinajstić information content (AvgIpc) is 3.17. The number of ether oxygens (including phenoxy) is 12. The van der Waals surface area contributed by atoms with Crippen LogP contribution in [0.2, 0.25) is 0 Å². The van der Waals surface area contributed by atoms with Gasteiger partial charge in [-0.05, 0) is 6.42 Å². The Hall–Kier alpha value is -3.56. The normalized spacial score (nSPS) is 25.8. The van der Waals surface area contributed by atoms with Crippen molar-refractivity contribution in [2.45, 2.75) is 180 Å². The van der Waals surface area contributed by atoms with Gasteiger partial charge >= 0.3 is 41.8 Å². The molecule has 2 aliphatic rings. The zero-order chi connectivity index (χ0) is 46.0. The van der Waals surface area contributed by atoms with Gasteiger partial charge in [0.15, 0.2) is 36.8 Å². The van der Waals surface area contributed by atoms with Crippen LogP contribution in [0.1, 0.15) is 120 Å². The third kappa shape index (κ3) is 21.7. The second-order valence-electron chi connectivity index (χ2n) is 14.9. The maximum absolute atomic E-state index is 12.7. The molecule has 0 unspecified atom stereocenters. The van der Waals surface area contributed by atoms with E-state index in [0.717, 1.165) is 61.3 Å². The van der Waals surface area contributed by atoms with E-state index in [4.69, 9.17) is 56.8 Å². The van der Waals surface area contributed by atoms with Crippen LogP contribution in [0.4, 0.5) is 0 Å². The van der Waals surface area contributed by atoms with Gasteiger partial charge in [0.2, 0.25) is 0 Å². The molecule has 2 aliphatic heterocycles. The fourth-order valence-corrected chi connectivity index (χ4v) is 7.91. The zero-order valence-corrected chi connectivity index (χ0v) is 38.3. The summed E-state index contributed by atoms with van der Waals surface area (Å²) < 4.78 is 68.8. The number of thioether (sulfide) groups is 1. The minimum absolute atomic E-state index is 0.246. The summed E-state index contributed by atoms with van der Waals surface area (Å²) in [5.41, 5.74) is -1.03. The van der Waals surface area contributed by atoms with Crippen molar-refractivity contribution in [3.63, 3.8) is 0 Å². The first kappa shape index (κ1) is 54.6. The summed E-state index contributed by atoms with van der Waals surface area (Å²) in [6.07, 6.45) is -1.13. The van der Waals surface area contributed by atoms with E-state index in [2.05, 4.69) is 6.92 Å². The van der Waals surface area contributed by atoms with E-state index in [0.29, 0.717) is 25.6 Å². The molecule has 62 heavy (non-hydrogen) atoms. The van der Waals surface area contributed by atoms with Crippen LogP contribution in [0, 0.1) is 0 Å². The summed E-state index contributed by atoms with van der Waals surface area (Å²) >= 11 is 1.18. The van der Waals surface area contributed by atoms with Gasteiger partial charge in [-0.2, -0.15) is 0 Å². The molecule has 2 rings (SSSR count). The highest BCUT2D eigenvalue weighted by Crippen LogP contribution is 2.37. The fourth-order valence-electron chi connectivity index (χ4n) is 6.84. The Balaban J connectivity index is 2.26. The summed E-state index contributed by atoms with van der Waals surface area (Å²) in [5.74, 6) is -5.30. The number of hydrogen-bond donors (Lipinski definition) is 0. The standard InChI is InChI=1S/C42H68O19S/c1-9-10-11-12-13-14-15-16-17-18-19-50-20-21-51-22-23-62-42-40(58-32(8)49)38(56-30(6)47)36(34(60-42)25-53-27(3)44)61-41-39(57-31(7)48)37(55-29(5)46)35(54-28(4)45)33(59-41)24-52-26(2)43/h33-42H,9-25H2,1-8H3/t33-,34-,35+,36-,37+,38+,39-,40-,41+,42+/m1/s1. The number of unbranched alkanes of at least 4 members (excludes halogenated alkanes) is 9. The van der Waals surface area contributed by atoms with Gasteiger partial charge in [0.05, 0.1) is 19.8 Å². The molecule has 19 nitrogen and oxygen atoms in total. The molecule has 0 aromatic rings. The number of rotatable bonds is 29. The maximum atomic E-state index is 12.7. The molecular formula is C42H68O19S. The zero-order valence-electron chi connectivity index (χ0n) is 37.5. The summed E-state index contributed by atoms with van der Waals surface area (Å²) in [4.78, 5) is 86.3. The molecule has 0 aromatic carbocycles. The molecule has 10 atom stereocenters. The fraction of sp³-hybridized carbons (Fsp3) is 0.833. The molecular weight excluding hydrogens is 841 g/mol. The van der Waals surface area contributed by atoms with Gasteiger partial charge in [-0.25, -0.2) is 0 Å². The second kappa shape index (κ2) is 30.5. The highest BCUT2D eigenvalue weighted by molar-refractivity contribution is 7.99. The van der Waals surface area contributed by atoms with E-state index < -0.39 is 116 Å². The third-order valence-electron chi connectivity index (χ3n) is 9.41. The van der Waals surface area contributed by atoms with Crippen molar-refractivity contribution in [1.82, 2.24) is 0 Å². The number of carbonyl (C=O) groups excluding carboxylic acids is 7. The Morgan fingerprint density at radius 1 is 0.435 bits per heavy atom. The second-order valence-corrected chi connectivity index (χ2v) is 16.1. The van der Waals surface area contributed by atoms with Crippen molar-refractivity contribution >= 4 is 53.5 Å². The summed E-state index contributed by atoms with van der Waals surface area (Å²) in [6.45, 7) is 10.6. The smallest absolute Gasteiger partial charge is 0.303 e. The summed E-state index contributed by atoms with van der Waals surface area (Å²) in [5, 5.41) is 0. The highest BCUT2D eigenvalue weighted by atomic mass is 32.2. The van der Waals surface area contributed by atoms with Crippen molar-refractivity contribution < 1.29 is 90.4 Å². The van der Waals surface area contributed by atoms with Crippen LogP contribution < -0.4 is 0 Å². The van der Waals surface area contributed by atoms with Gasteiger partial charge in [-0.3, -0.25) is 33.6 Å². The predicted molar refractivity (Wildman–Crippen MR) is 219 cm³/mol. The van der Waals surface area contributed by atoms with Gasteiger partial charge in [-0.1, -0.05) is 64.7 Å². The molecule has 2 heterocycles. The van der Waals surface area contributed by atoms with Crippen LogP contribution >= 0.6 is 11.8 Å². The Labute approximate surface area is 368 Å². The van der Waals surface area contributed by atoms with E-state index in [1.54, 1.807) is 0 Å². The molecule has 2 saturated heterocycles. The lowest BCUT2D eigenvalue weighted by Crippen LogP contribution is -2.66. The molecule has 0 amide bonds. The van der Waals surface area contributed by atoms with E-state index in [1.807, 2.05) is 0 Å². The van der Waals surface area contributed by atoms with Crippen LogP contribution in [0.5, 0.6) is 0 Å². The lowest BCUT2D eigenvalue weighted by molar-refractivity contribution is -0.341. The molecule has 0 spiro atoms. The highest BCUT2D eigenvalue weighted by Gasteiger charge is 2.57. The Bertz CT molecular complexity index is 1400. The molecule has 0 aromatic heterocycles. The molecule has 2 fully saturated rings. The first-order chi connectivity index (χ1) is 29.5. The van der Waals surface area contributed by atoms with E-state index in [9.17, 15) is 33.6 Å². The summed E-state index contributed by atoms with van der Waals surface area (Å²) in [6, 6.07) is 0. The lowest BCUT2D eigenvalue weighted by Gasteiger charge is -2.48. The van der Waals surface area contributed by atoms with Crippen LogP contribution in [-0.2, 0) is 90.4 Å². The van der Waals surface area contributed by atoms with Crippen molar-refractivity contribution in [2.24, 2.45) is 0 Å². The first-order valence-electron chi connectivity index (χ1n) is 21.4. The third-order valence-corrected chi connectivity index (χ3v) is 10.5. The van der Waals surface area contributed by atoms with Gasteiger partial charge in [0.25, 0.3) is 0 Å².